The number of hydrogen-bond donors (Lipinski definition) is 2. The first-order chi connectivity index (χ1) is 7.34. The SMILES string of the molecule is O=C(CNc1cnccn1)NCC1CC1. The third-order valence-corrected chi connectivity index (χ3v) is 2.28. The van der Waals surface area contributed by atoms with Crippen LogP contribution in [0.5, 0.6) is 0 Å². The second-order valence-electron chi connectivity index (χ2n) is 3.69. The Bertz CT molecular complexity index is 323. The fraction of sp³-hybridized carbons (Fsp3) is 0.500. The highest BCUT2D eigenvalue weighted by Gasteiger charge is 2.21. The summed E-state index contributed by atoms with van der Waals surface area (Å²) in [4.78, 5) is 19.2. The largest absolute Gasteiger partial charge is 0.360 e. The molecule has 1 amide bonds. The number of nitrogens with zero attached hydrogens (tertiary/aromatic N) is 2. The van der Waals surface area contributed by atoms with Crippen LogP contribution in [0.15, 0.2) is 18.6 Å². The molecule has 1 heterocycles. The van der Waals surface area contributed by atoms with E-state index in [1.807, 2.05) is 0 Å². The van der Waals surface area contributed by atoms with Gasteiger partial charge in [0.1, 0.15) is 5.82 Å². The molecule has 1 saturated carbocycles. The van der Waals surface area contributed by atoms with Gasteiger partial charge in [0.2, 0.25) is 5.91 Å². The van der Waals surface area contributed by atoms with Gasteiger partial charge in [-0.25, -0.2) is 4.98 Å². The van der Waals surface area contributed by atoms with Crippen molar-refractivity contribution in [2.45, 2.75) is 12.8 Å². The quantitative estimate of drug-likeness (QED) is 0.732. The molecule has 1 fully saturated rings. The maximum atomic E-state index is 11.3. The van der Waals surface area contributed by atoms with E-state index in [9.17, 15) is 4.79 Å². The van der Waals surface area contributed by atoms with Crippen LogP contribution in [0.1, 0.15) is 12.8 Å². The summed E-state index contributed by atoms with van der Waals surface area (Å²) < 4.78 is 0. The molecule has 1 aromatic rings. The normalized spacial score (nSPS) is 14.7. The molecule has 2 N–H and O–H groups in total. The molecule has 15 heavy (non-hydrogen) atoms. The van der Waals surface area contributed by atoms with Crippen LogP contribution < -0.4 is 10.6 Å². The van der Waals surface area contributed by atoms with Crippen LogP contribution in [0, 0.1) is 5.92 Å². The van der Waals surface area contributed by atoms with E-state index in [2.05, 4.69) is 20.6 Å². The van der Waals surface area contributed by atoms with Gasteiger partial charge < -0.3 is 10.6 Å². The molecular formula is C10H14N4O. The Morgan fingerprint density at radius 1 is 1.47 bits per heavy atom. The Balaban J connectivity index is 1.66. The maximum Gasteiger partial charge on any atom is 0.239 e. The van der Waals surface area contributed by atoms with Crippen LogP contribution in [-0.2, 0) is 4.79 Å². The molecule has 5 heteroatoms. The molecule has 2 rings (SSSR count). The summed E-state index contributed by atoms with van der Waals surface area (Å²) in [5.74, 6) is 1.34. The van der Waals surface area contributed by atoms with E-state index in [1.165, 1.54) is 12.8 Å². The van der Waals surface area contributed by atoms with E-state index < -0.39 is 0 Å². The first-order valence-corrected chi connectivity index (χ1v) is 5.11. The van der Waals surface area contributed by atoms with Crippen LogP contribution in [0.25, 0.3) is 0 Å². The minimum absolute atomic E-state index is 0.00699. The lowest BCUT2D eigenvalue weighted by molar-refractivity contribution is -0.119. The number of anilines is 1. The molecule has 0 saturated heterocycles. The molecule has 0 atom stereocenters. The van der Waals surface area contributed by atoms with Gasteiger partial charge in [0, 0.05) is 18.9 Å². The zero-order valence-electron chi connectivity index (χ0n) is 8.44. The standard InChI is InChI=1S/C10H14N4O/c15-10(14-5-8-1-2-8)7-13-9-6-11-3-4-12-9/h3-4,6,8H,1-2,5,7H2,(H,12,13)(H,14,15). The van der Waals surface area contributed by atoms with Gasteiger partial charge in [-0.05, 0) is 18.8 Å². The Labute approximate surface area is 88.3 Å². The van der Waals surface area contributed by atoms with Gasteiger partial charge in [-0.1, -0.05) is 0 Å². The Hall–Kier alpha value is -1.65. The summed E-state index contributed by atoms with van der Waals surface area (Å²) in [6.07, 6.45) is 7.27. The van der Waals surface area contributed by atoms with Crippen molar-refractivity contribution in [3.63, 3.8) is 0 Å². The van der Waals surface area contributed by atoms with Crippen molar-refractivity contribution in [2.75, 3.05) is 18.4 Å². The third kappa shape index (κ3) is 3.53. The van der Waals surface area contributed by atoms with Crippen molar-refractivity contribution >= 4 is 11.7 Å². The highest BCUT2D eigenvalue weighted by atomic mass is 16.1. The Morgan fingerprint density at radius 2 is 2.33 bits per heavy atom. The molecule has 0 bridgehead atoms. The number of carbonyl (C=O) groups excluding carboxylic acids is 1. The summed E-state index contributed by atoms with van der Waals surface area (Å²) in [5, 5.41) is 5.77. The molecule has 1 aliphatic carbocycles. The summed E-state index contributed by atoms with van der Waals surface area (Å²) in [5.41, 5.74) is 0. The van der Waals surface area contributed by atoms with Crippen molar-refractivity contribution in [2.24, 2.45) is 5.92 Å². The molecule has 0 spiro atoms. The fourth-order valence-corrected chi connectivity index (χ4v) is 1.20. The van der Waals surface area contributed by atoms with E-state index in [1.54, 1.807) is 18.6 Å². The first-order valence-electron chi connectivity index (χ1n) is 5.11. The van der Waals surface area contributed by atoms with E-state index in [0.717, 1.165) is 6.54 Å². The molecule has 0 aromatic carbocycles. The minimum atomic E-state index is 0.00699. The van der Waals surface area contributed by atoms with Gasteiger partial charge >= 0.3 is 0 Å². The molecule has 0 aliphatic heterocycles. The number of rotatable bonds is 5. The van der Waals surface area contributed by atoms with Crippen LogP contribution in [0.2, 0.25) is 0 Å². The predicted octanol–water partition coefficient (Wildman–Crippen LogP) is 0.415. The van der Waals surface area contributed by atoms with E-state index in [4.69, 9.17) is 0 Å². The van der Waals surface area contributed by atoms with Gasteiger partial charge in [-0.15, -0.1) is 0 Å². The lowest BCUT2D eigenvalue weighted by Crippen LogP contribution is -2.31. The van der Waals surface area contributed by atoms with Crippen LogP contribution in [0.4, 0.5) is 5.82 Å². The van der Waals surface area contributed by atoms with Crippen molar-refractivity contribution in [3.8, 4) is 0 Å². The van der Waals surface area contributed by atoms with Crippen LogP contribution >= 0.6 is 0 Å². The van der Waals surface area contributed by atoms with Gasteiger partial charge in [-0.3, -0.25) is 9.78 Å². The number of nitrogens with one attached hydrogen (secondary N) is 2. The third-order valence-electron chi connectivity index (χ3n) is 2.28. The monoisotopic (exact) mass is 206 g/mol. The van der Waals surface area contributed by atoms with Crippen molar-refractivity contribution in [1.29, 1.82) is 0 Å². The van der Waals surface area contributed by atoms with E-state index in [0.29, 0.717) is 11.7 Å². The van der Waals surface area contributed by atoms with Crippen molar-refractivity contribution in [3.05, 3.63) is 18.6 Å². The zero-order chi connectivity index (χ0) is 10.5. The Kier molecular flexibility index (Phi) is 3.11. The topological polar surface area (TPSA) is 66.9 Å². The average molecular weight is 206 g/mol. The van der Waals surface area contributed by atoms with Gasteiger partial charge in [-0.2, -0.15) is 0 Å². The van der Waals surface area contributed by atoms with Gasteiger partial charge in [0.15, 0.2) is 0 Å². The summed E-state index contributed by atoms with van der Waals surface area (Å²) in [6.45, 7) is 1.06. The van der Waals surface area contributed by atoms with Gasteiger partial charge in [0.05, 0.1) is 12.7 Å². The number of aromatic nitrogens is 2. The first kappa shape index (κ1) is 9.89. The smallest absolute Gasteiger partial charge is 0.239 e. The lowest BCUT2D eigenvalue weighted by Gasteiger charge is -2.05. The van der Waals surface area contributed by atoms with Crippen molar-refractivity contribution < 1.29 is 4.79 Å². The molecule has 1 aliphatic rings. The summed E-state index contributed by atoms with van der Waals surface area (Å²) in [6, 6.07) is 0. The second kappa shape index (κ2) is 4.72. The van der Waals surface area contributed by atoms with Crippen LogP contribution in [0.3, 0.4) is 0 Å². The van der Waals surface area contributed by atoms with Crippen molar-refractivity contribution in [1.82, 2.24) is 15.3 Å². The molecule has 80 valence electrons. The highest BCUT2D eigenvalue weighted by Crippen LogP contribution is 2.27. The average Bonchev–Trinajstić information content (AvgIpc) is 3.09. The summed E-state index contributed by atoms with van der Waals surface area (Å²) in [7, 11) is 0. The Morgan fingerprint density at radius 3 is 3.00 bits per heavy atom. The molecule has 5 nitrogen and oxygen atoms in total. The maximum absolute atomic E-state index is 11.3. The molecular weight excluding hydrogens is 192 g/mol. The summed E-state index contributed by atoms with van der Waals surface area (Å²) >= 11 is 0. The molecule has 1 aromatic heterocycles. The van der Waals surface area contributed by atoms with Gasteiger partial charge in [0.25, 0.3) is 0 Å². The highest BCUT2D eigenvalue weighted by molar-refractivity contribution is 5.80. The van der Waals surface area contributed by atoms with Crippen LogP contribution in [-0.4, -0.2) is 29.0 Å². The number of amides is 1. The number of hydrogen-bond acceptors (Lipinski definition) is 4. The molecule has 0 radical (unpaired) electrons. The zero-order valence-corrected chi connectivity index (χ0v) is 8.44. The van der Waals surface area contributed by atoms with E-state index in [-0.39, 0.29) is 12.5 Å². The second-order valence-corrected chi connectivity index (χ2v) is 3.69. The molecule has 0 unspecified atom stereocenters. The fourth-order valence-electron chi connectivity index (χ4n) is 1.20. The van der Waals surface area contributed by atoms with E-state index >= 15 is 0 Å². The predicted molar refractivity (Wildman–Crippen MR) is 56.3 cm³/mol. The lowest BCUT2D eigenvalue weighted by atomic mass is 10.4. The number of carbonyl (C=O) groups is 1. The minimum Gasteiger partial charge on any atom is -0.360 e.